The zero-order valence-electron chi connectivity index (χ0n) is 18.2. The number of hydrogen-bond donors (Lipinski definition) is 1. The first-order valence-electron chi connectivity index (χ1n) is 11.1. The Morgan fingerprint density at radius 3 is 2.34 bits per heavy atom. The molecule has 32 heavy (non-hydrogen) atoms. The largest absolute Gasteiger partial charge is 0.478 e. The van der Waals surface area contributed by atoms with Gasteiger partial charge in [-0.25, -0.2) is 9.48 Å². The minimum absolute atomic E-state index is 0.167. The van der Waals surface area contributed by atoms with E-state index in [0.717, 1.165) is 23.2 Å². The lowest BCUT2D eigenvalue weighted by Gasteiger charge is -2.26. The molecular formula is C26H26N4O2. The average molecular weight is 427 g/mol. The SMILES string of the molecule is Cn1nnc2c(C(=O)O)cc(-c3ccc(-c4cccc(CN5CCCCC5)c4)cc3)cc21. The maximum atomic E-state index is 11.7. The number of aryl methyl sites for hydroxylation is 1. The fourth-order valence-corrected chi connectivity index (χ4v) is 4.54. The van der Waals surface area contributed by atoms with Gasteiger partial charge in [0.15, 0.2) is 0 Å². The molecule has 1 saturated heterocycles. The topological polar surface area (TPSA) is 71.2 Å². The van der Waals surface area contributed by atoms with Gasteiger partial charge in [0.2, 0.25) is 0 Å². The van der Waals surface area contributed by atoms with E-state index in [2.05, 4.69) is 51.6 Å². The van der Waals surface area contributed by atoms with Crippen molar-refractivity contribution in [1.82, 2.24) is 19.9 Å². The van der Waals surface area contributed by atoms with Gasteiger partial charge < -0.3 is 5.11 Å². The van der Waals surface area contributed by atoms with Gasteiger partial charge in [0, 0.05) is 13.6 Å². The highest BCUT2D eigenvalue weighted by molar-refractivity contribution is 6.03. The van der Waals surface area contributed by atoms with E-state index in [9.17, 15) is 9.90 Å². The molecule has 1 aliphatic heterocycles. The minimum Gasteiger partial charge on any atom is -0.478 e. The summed E-state index contributed by atoms with van der Waals surface area (Å²) < 4.78 is 1.60. The summed E-state index contributed by atoms with van der Waals surface area (Å²) in [5, 5.41) is 17.6. The maximum absolute atomic E-state index is 11.7. The van der Waals surface area contributed by atoms with E-state index in [1.165, 1.54) is 43.5 Å². The van der Waals surface area contributed by atoms with Crippen molar-refractivity contribution in [3.63, 3.8) is 0 Å². The molecule has 6 heteroatoms. The minimum atomic E-state index is -1.00. The van der Waals surface area contributed by atoms with E-state index in [0.29, 0.717) is 11.0 Å². The zero-order valence-corrected chi connectivity index (χ0v) is 18.2. The van der Waals surface area contributed by atoms with Crippen molar-refractivity contribution in [3.05, 3.63) is 71.8 Å². The van der Waals surface area contributed by atoms with Gasteiger partial charge in [-0.15, -0.1) is 5.10 Å². The second-order valence-corrected chi connectivity index (χ2v) is 8.52. The van der Waals surface area contributed by atoms with Crippen LogP contribution in [0.15, 0.2) is 60.7 Å². The van der Waals surface area contributed by atoms with Crippen molar-refractivity contribution in [2.75, 3.05) is 13.1 Å². The number of piperidine rings is 1. The molecule has 5 rings (SSSR count). The summed E-state index contributed by atoms with van der Waals surface area (Å²) in [6, 6.07) is 20.7. The summed E-state index contributed by atoms with van der Waals surface area (Å²) in [5.41, 5.74) is 6.77. The molecule has 3 aromatic carbocycles. The van der Waals surface area contributed by atoms with Crippen molar-refractivity contribution in [2.24, 2.45) is 7.05 Å². The quantitative estimate of drug-likeness (QED) is 0.487. The normalized spacial score (nSPS) is 14.7. The Morgan fingerprint density at radius 2 is 1.62 bits per heavy atom. The number of carboxylic acid groups (broad SMARTS) is 1. The number of benzene rings is 3. The highest BCUT2D eigenvalue weighted by Crippen LogP contribution is 2.29. The summed E-state index contributed by atoms with van der Waals surface area (Å²) in [4.78, 5) is 14.3. The van der Waals surface area contributed by atoms with E-state index < -0.39 is 5.97 Å². The Bertz CT molecular complexity index is 1270. The van der Waals surface area contributed by atoms with E-state index >= 15 is 0 Å². The van der Waals surface area contributed by atoms with Crippen LogP contribution in [0.3, 0.4) is 0 Å². The Hall–Kier alpha value is -3.51. The summed E-state index contributed by atoms with van der Waals surface area (Å²) >= 11 is 0. The Kier molecular flexibility index (Phi) is 5.45. The molecule has 0 bridgehead atoms. The number of hydrogen-bond acceptors (Lipinski definition) is 4. The summed E-state index contributed by atoms with van der Waals surface area (Å²) in [6.45, 7) is 3.38. The van der Waals surface area contributed by atoms with Gasteiger partial charge in [0.1, 0.15) is 5.52 Å². The van der Waals surface area contributed by atoms with Crippen LogP contribution in [-0.4, -0.2) is 44.1 Å². The third-order valence-corrected chi connectivity index (χ3v) is 6.28. The average Bonchev–Trinajstić information content (AvgIpc) is 3.20. The molecule has 4 aromatic rings. The highest BCUT2D eigenvalue weighted by Gasteiger charge is 2.16. The number of aromatic nitrogens is 3. The first-order valence-corrected chi connectivity index (χ1v) is 11.1. The second-order valence-electron chi connectivity index (χ2n) is 8.52. The van der Waals surface area contributed by atoms with Crippen LogP contribution in [0.4, 0.5) is 0 Å². The van der Waals surface area contributed by atoms with Crippen LogP contribution in [0.5, 0.6) is 0 Å². The number of fused-ring (bicyclic) bond motifs is 1. The summed E-state index contributed by atoms with van der Waals surface area (Å²) in [7, 11) is 1.77. The Labute approximate surface area is 187 Å². The lowest BCUT2D eigenvalue weighted by Crippen LogP contribution is -2.29. The molecule has 0 unspecified atom stereocenters. The van der Waals surface area contributed by atoms with Gasteiger partial charge in [-0.1, -0.05) is 54.1 Å². The van der Waals surface area contributed by atoms with Crippen LogP contribution in [0, 0.1) is 0 Å². The molecule has 0 radical (unpaired) electrons. The third-order valence-electron chi connectivity index (χ3n) is 6.28. The number of carbonyl (C=O) groups is 1. The second kappa shape index (κ2) is 8.55. The zero-order chi connectivity index (χ0) is 22.1. The molecule has 1 N–H and O–H groups in total. The van der Waals surface area contributed by atoms with Crippen LogP contribution < -0.4 is 0 Å². The van der Waals surface area contributed by atoms with Gasteiger partial charge in [-0.05, 0) is 71.9 Å². The van der Waals surface area contributed by atoms with Crippen molar-refractivity contribution < 1.29 is 9.90 Å². The summed E-state index contributed by atoms with van der Waals surface area (Å²) in [6.07, 6.45) is 3.94. The van der Waals surface area contributed by atoms with Gasteiger partial charge >= 0.3 is 5.97 Å². The molecule has 0 saturated carbocycles. The fraction of sp³-hybridized carbons (Fsp3) is 0.269. The highest BCUT2D eigenvalue weighted by atomic mass is 16.4. The molecule has 0 aliphatic carbocycles. The van der Waals surface area contributed by atoms with E-state index in [4.69, 9.17) is 0 Å². The maximum Gasteiger partial charge on any atom is 0.338 e. The van der Waals surface area contributed by atoms with E-state index in [-0.39, 0.29) is 5.56 Å². The fourth-order valence-electron chi connectivity index (χ4n) is 4.54. The van der Waals surface area contributed by atoms with Crippen molar-refractivity contribution in [1.29, 1.82) is 0 Å². The van der Waals surface area contributed by atoms with Crippen LogP contribution in [0.2, 0.25) is 0 Å². The number of likely N-dealkylation sites (tertiary alicyclic amines) is 1. The van der Waals surface area contributed by atoms with Gasteiger partial charge in [-0.3, -0.25) is 4.90 Å². The molecule has 1 fully saturated rings. The van der Waals surface area contributed by atoms with Crippen LogP contribution >= 0.6 is 0 Å². The number of carboxylic acids is 1. The molecule has 162 valence electrons. The van der Waals surface area contributed by atoms with E-state index in [1.807, 2.05) is 18.2 Å². The van der Waals surface area contributed by atoms with Gasteiger partial charge in [0.05, 0.1) is 11.1 Å². The first kappa shape index (κ1) is 20.4. The molecule has 0 spiro atoms. The predicted molar refractivity (Wildman–Crippen MR) is 125 cm³/mol. The van der Waals surface area contributed by atoms with Crippen molar-refractivity contribution in [3.8, 4) is 22.3 Å². The molecule has 6 nitrogen and oxygen atoms in total. The van der Waals surface area contributed by atoms with Crippen LogP contribution in [0.1, 0.15) is 35.2 Å². The van der Waals surface area contributed by atoms with Gasteiger partial charge in [0.25, 0.3) is 0 Å². The number of rotatable bonds is 5. The van der Waals surface area contributed by atoms with Crippen molar-refractivity contribution >= 4 is 17.0 Å². The lowest BCUT2D eigenvalue weighted by atomic mass is 9.97. The molecule has 1 aliphatic rings. The lowest BCUT2D eigenvalue weighted by molar-refractivity contribution is 0.0699. The van der Waals surface area contributed by atoms with Crippen LogP contribution in [0.25, 0.3) is 33.3 Å². The third kappa shape index (κ3) is 4.01. The Balaban J connectivity index is 1.43. The molecular weight excluding hydrogens is 400 g/mol. The Morgan fingerprint density at radius 1 is 0.906 bits per heavy atom. The van der Waals surface area contributed by atoms with Crippen LogP contribution in [-0.2, 0) is 13.6 Å². The number of nitrogens with zero attached hydrogens (tertiary/aromatic N) is 4. The number of aromatic carboxylic acids is 1. The molecule has 0 atom stereocenters. The molecule has 2 heterocycles. The first-order chi connectivity index (χ1) is 15.6. The summed E-state index contributed by atoms with van der Waals surface area (Å²) in [5.74, 6) is -1.00. The van der Waals surface area contributed by atoms with Crippen molar-refractivity contribution in [2.45, 2.75) is 25.8 Å². The van der Waals surface area contributed by atoms with E-state index in [1.54, 1.807) is 17.8 Å². The smallest absolute Gasteiger partial charge is 0.338 e. The molecule has 1 aromatic heterocycles. The standard InChI is InChI=1S/C26H26N4O2/c1-29-24-16-22(15-23(26(31)32)25(24)27-28-29)20-10-8-19(9-11-20)21-7-5-6-18(14-21)17-30-12-3-2-4-13-30/h5-11,14-16H,2-4,12-13,17H2,1H3,(H,31,32). The van der Waals surface area contributed by atoms with Gasteiger partial charge in [-0.2, -0.15) is 0 Å². The monoisotopic (exact) mass is 426 g/mol. The molecule has 0 amide bonds. The predicted octanol–water partition coefficient (Wildman–Crippen LogP) is 4.99.